The third-order valence-electron chi connectivity index (χ3n) is 4.04. The maximum atomic E-state index is 12.2. The summed E-state index contributed by atoms with van der Waals surface area (Å²) in [5.74, 6) is 0.301. The molecule has 0 atom stereocenters. The molecule has 0 bridgehead atoms. The van der Waals surface area contributed by atoms with Crippen molar-refractivity contribution >= 4 is 5.78 Å². The Kier molecular flexibility index (Phi) is 4.48. The molecule has 2 rings (SSSR count). The minimum Gasteiger partial charge on any atom is -0.330 e. The molecule has 2 N–H and O–H groups in total. The van der Waals surface area contributed by atoms with E-state index in [1.54, 1.807) is 12.4 Å². The summed E-state index contributed by atoms with van der Waals surface area (Å²) < 4.78 is 0. The van der Waals surface area contributed by atoms with Crippen LogP contribution >= 0.6 is 0 Å². The average Bonchev–Trinajstić information content (AvgIpc) is 2.41. The first-order valence-electron chi connectivity index (χ1n) is 6.85. The highest BCUT2D eigenvalue weighted by Crippen LogP contribution is 2.38. The van der Waals surface area contributed by atoms with Gasteiger partial charge in [-0.15, -0.1) is 0 Å². The lowest BCUT2D eigenvalue weighted by molar-refractivity contribution is -0.121. The minimum atomic E-state index is 0.0809. The van der Waals surface area contributed by atoms with Gasteiger partial charge in [-0.3, -0.25) is 9.78 Å². The van der Waals surface area contributed by atoms with Gasteiger partial charge in [0.25, 0.3) is 0 Å². The van der Waals surface area contributed by atoms with E-state index in [2.05, 4.69) is 4.98 Å². The Labute approximate surface area is 109 Å². The molecule has 1 aromatic heterocycles. The van der Waals surface area contributed by atoms with Gasteiger partial charge in [-0.1, -0.05) is 25.3 Å². The second-order valence-corrected chi connectivity index (χ2v) is 5.52. The lowest BCUT2D eigenvalue weighted by atomic mass is 9.70. The summed E-state index contributed by atoms with van der Waals surface area (Å²) in [5.41, 5.74) is 7.00. The van der Waals surface area contributed by atoms with Crippen LogP contribution in [0.5, 0.6) is 0 Å². The highest BCUT2D eigenvalue weighted by molar-refractivity contribution is 5.81. The third-order valence-corrected chi connectivity index (χ3v) is 4.04. The molecule has 1 aliphatic carbocycles. The number of Topliss-reactive ketones (excluding diaryl/α,β-unsaturated/α-hetero) is 1. The molecular formula is C15H22N2O. The monoisotopic (exact) mass is 246 g/mol. The molecule has 18 heavy (non-hydrogen) atoms. The van der Waals surface area contributed by atoms with Crippen molar-refractivity contribution < 1.29 is 4.79 Å². The Morgan fingerprint density at radius 3 is 2.72 bits per heavy atom. The van der Waals surface area contributed by atoms with Crippen molar-refractivity contribution in [3.63, 3.8) is 0 Å². The summed E-state index contributed by atoms with van der Waals surface area (Å²) in [5, 5.41) is 0. The Morgan fingerprint density at radius 1 is 1.33 bits per heavy atom. The maximum Gasteiger partial charge on any atom is 0.137 e. The first-order chi connectivity index (χ1) is 8.74. The van der Waals surface area contributed by atoms with E-state index >= 15 is 0 Å². The van der Waals surface area contributed by atoms with Crippen LogP contribution in [0.4, 0.5) is 0 Å². The van der Waals surface area contributed by atoms with E-state index in [1.165, 1.54) is 19.3 Å². The molecule has 0 saturated heterocycles. The number of nitrogens with two attached hydrogens (primary N) is 1. The predicted octanol–water partition coefficient (Wildman–Crippen LogP) is 2.49. The number of hydrogen-bond acceptors (Lipinski definition) is 3. The van der Waals surface area contributed by atoms with Crippen LogP contribution in [0.15, 0.2) is 24.5 Å². The number of pyridine rings is 1. The molecule has 3 heteroatoms. The molecule has 0 unspecified atom stereocenters. The fraction of sp³-hybridized carbons (Fsp3) is 0.600. The minimum absolute atomic E-state index is 0.0809. The number of carbonyl (C=O) groups excluding carboxylic acids is 1. The summed E-state index contributed by atoms with van der Waals surface area (Å²) in [6.45, 7) is 0.645. The fourth-order valence-corrected chi connectivity index (χ4v) is 2.97. The van der Waals surface area contributed by atoms with Crippen molar-refractivity contribution in [1.29, 1.82) is 0 Å². The van der Waals surface area contributed by atoms with Crippen LogP contribution in [0.3, 0.4) is 0 Å². The Balaban J connectivity index is 1.93. The number of aromatic nitrogens is 1. The lowest BCUT2D eigenvalue weighted by Crippen LogP contribution is -2.35. The van der Waals surface area contributed by atoms with Gasteiger partial charge in [0.2, 0.25) is 0 Å². The van der Waals surface area contributed by atoms with E-state index in [0.29, 0.717) is 25.2 Å². The molecule has 1 heterocycles. The topological polar surface area (TPSA) is 56.0 Å². The zero-order valence-corrected chi connectivity index (χ0v) is 10.9. The van der Waals surface area contributed by atoms with Gasteiger partial charge in [0.1, 0.15) is 5.78 Å². The summed E-state index contributed by atoms with van der Waals surface area (Å²) in [6.07, 6.45) is 10.6. The largest absolute Gasteiger partial charge is 0.330 e. The summed E-state index contributed by atoms with van der Waals surface area (Å²) in [4.78, 5) is 16.2. The Bertz CT molecular complexity index is 383. The standard InChI is InChI=1S/C15H22N2O/c16-12-15(6-2-1-3-7-15)10-14(18)9-13-5-4-8-17-11-13/h4-5,8,11H,1-3,6-7,9-10,12,16H2. The van der Waals surface area contributed by atoms with Gasteiger partial charge in [0.05, 0.1) is 0 Å². The summed E-state index contributed by atoms with van der Waals surface area (Å²) >= 11 is 0. The molecular weight excluding hydrogens is 224 g/mol. The molecule has 98 valence electrons. The molecule has 0 aliphatic heterocycles. The van der Waals surface area contributed by atoms with Crippen molar-refractivity contribution in [2.24, 2.45) is 11.1 Å². The molecule has 1 aliphatic rings. The van der Waals surface area contributed by atoms with Crippen molar-refractivity contribution in [2.75, 3.05) is 6.54 Å². The first-order valence-corrected chi connectivity index (χ1v) is 6.85. The molecule has 1 saturated carbocycles. The van der Waals surface area contributed by atoms with Crippen molar-refractivity contribution in [2.45, 2.75) is 44.9 Å². The number of carbonyl (C=O) groups is 1. The van der Waals surface area contributed by atoms with Crippen molar-refractivity contribution in [1.82, 2.24) is 4.98 Å². The second kappa shape index (κ2) is 6.10. The smallest absolute Gasteiger partial charge is 0.137 e. The van der Waals surface area contributed by atoms with Gasteiger partial charge in [0, 0.05) is 25.2 Å². The summed E-state index contributed by atoms with van der Waals surface area (Å²) in [6, 6.07) is 3.84. The highest BCUT2D eigenvalue weighted by atomic mass is 16.1. The maximum absolute atomic E-state index is 12.2. The van der Waals surface area contributed by atoms with Gasteiger partial charge in [-0.25, -0.2) is 0 Å². The second-order valence-electron chi connectivity index (χ2n) is 5.52. The fourth-order valence-electron chi connectivity index (χ4n) is 2.97. The molecule has 1 aromatic rings. The van der Waals surface area contributed by atoms with Gasteiger partial charge in [-0.05, 0) is 36.4 Å². The van der Waals surface area contributed by atoms with E-state index in [9.17, 15) is 4.79 Å². The highest BCUT2D eigenvalue weighted by Gasteiger charge is 2.32. The zero-order chi connectivity index (χ0) is 12.8. The van der Waals surface area contributed by atoms with E-state index in [1.807, 2.05) is 12.1 Å². The van der Waals surface area contributed by atoms with Crippen LogP contribution in [0.25, 0.3) is 0 Å². The summed E-state index contributed by atoms with van der Waals surface area (Å²) in [7, 11) is 0. The quantitative estimate of drug-likeness (QED) is 0.868. The van der Waals surface area contributed by atoms with Crippen molar-refractivity contribution in [3.05, 3.63) is 30.1 Å². The Morgan fingerprint density at radius 2 is 2.11 bits per heavy atom. The number of rotatable bonds is 5. The molecule has 0 aromatic carbocycles. The van der Waals surface area contributed by atoms with Crippen LogP contribution in [0.2, 0.25) is 0 Å². The molecule has 1 fully saturated rings. The van der Waals surface area contributed by atoms with Gasteiger partial charge >= 0.3 is 0 Å². The van der Waals surface area contributed by atoms with Crippen molar-refractivity contribution in [3.8, 4) is 0 Å². The van der Waals surface area contributed by atoms with E-state index in [4.69, 9.17) is 5.73 Å². The molecule has 3 nitrogen and oxygen atoms in total. The number of hydrogen-bond donors (Lipinski definition) is 1. The molecule has 0 spiro atoms. The van der Waals surface area contributed by atoms with Crippen LogP contribution in [-0.2, 0) is 11.2 Å². The normalized spacial score (nSPS) is 18.5. The van der Waals surface area contributed by atoms with Crippen LogP contribution < -0.4 is 5.73 Å². The van der Waals surface area contributed by atoms with Gasteiger partial charge in [-0.2, -0.15) is 0 Å². The van der Waals surface area contributed by atoms with Crippen LogP contribution in [0.1, 0.15) is 44.1 Å². The predicted molar refractivity (Wildman–Crippen MR) is 72.1 cm³/mol. The lowest BCUT2D eigenvalue weighted by Gasteiger charge is -2.35. The zero-order valence-electron chi connectivity index (χ0n) is 10.9. The SMILES string of the molecule is NCC1(CC(=O)Cc2cccnc2)CCCCC1. The average molecular weight is 246 g/mol. The van der Waals surface area contributed by atoms with E-state index in [0.717, 1.165) is 18.4 Å². The molecule has 0 amide bonds. The number of ketones is 1. The third kappa shape index (κ3) is 3.39. The Hall–Kier alpha value is -1.22. The van der Waals surface area contributed by atoms with Gasteiger partial charge in [0.15, 0.2) is 0 Å². The van der Waals surface area contributed by atoms with E-state index in [-0.39, 0.29) is 5.41 Å². The molecule has 0 radical (unpaired) electrons. The van der Waals surface area contributed by atoms with Gasteiger partial charge < -0.3 is 5.73 Å². The van der Waals surface area contributed by atoms with Crippen LogP contribution in [0, 0.1) is 5.41 Å². The van der Waals surface area contributed by atoms with E-state index < -0.39 is 0 Å². The first kappa shape index (κ1) is 13.2. The number of nitrogens with zero attached hydrogens (tertiary/aromatic N) is 1. The van der Waals surface area contributed by atoms with Crippen LogP contribution in [-0.4, -0.2) is 17.3 Å².